The summed E-state index contributed by atoms with van der Waals surface area (Å²) < 4.78 is 6.47. The van der Waals surface area contributed by atoms with Crippen molar-refractivity contribution in [2.24, 2.45) is 0 Å². The van der Waals surface area contributed by atoms with Crippen LogP contribution in [-0.2, 0) is 9.53 Å². The first kappa shape index (κ1) is 22.2. The zero-order valence-corrected chi connectivity index (χ0v) is 16.3. The van der Waals surface area contributed by atoms with Gasteiger partial charge in [-0.25, -0.2) is 4.79 Å². The second-order valence-electron chi connectivity index (χ2n) is 6.83. The third-order valence-electron chi connectivity index (χ3n) is 5.11. The average molecular weight is 327 g/mol. The Bertz CT molecular complexity index is 335. The van der Waals surface area contributed by atoms with Gasteiger partial charge in [0.15, 0.2) is 0 Å². The lowest BCUT2D eigenvalue weighted by Gasteiger charge is -2.41. The van der Waals surface area contributed by atoms with Crippen molar-refractivity contribution in [2.75, 3.05) is 19.6 Å². The van der Waals surface area contributed by atoms with Crippen LogP contribution < -0.4 is 0 Å². The first-order valence-electron chi connectivity index (χ1n) is 9.65. The molecule has 0 radical (unpaired) electrons. The molecule has 0 amide bonds. The number of quaternary nitrogens is 1. The highest BCUT2D eigenvalue weighted by Crippen LogP contribution is 2.19. The molecule has 3 heteroatoms. The van der Waals surface area contributed by atoms with Gasteiger partial charge >= 0.3 is 5.97 Å². The predicted molar refractivity (Wildman–Crippen MR) is 99.2 cm³/mol. The summed E-state index contributed by atoms with van der Waals surface area (Å²) in [7, 11) is 0. The van der Waals surface area contributed by atoms with Crippen LogP contribution >= 0.6 is 0 Å². The molecule has 23 heavy (non-hydrogen) atoms. The van der Waals surface area contributed by atoms with Crippen LogP contribution in [0.25, 0.3) is 0 Å². The van der Waals surface area contributed by atoms with Gasteiger partial charge in [-0.1, -0.05) is 52.0 Å². The normalized spacial score (nSPS) is 12.9. The summed E-state index contributed by atoms with van der Waals surface area (Å²) in [6.45, 7) is 17.1. The van der Waals surface area contributed by atoms with E-state index in [9.17, 15) is 4.79 Å². The van der Waals surface area contributed by atoms with Gasteiger partial charge in [-0.05, 0) is 33.6 Å². The van der Waals surface area contributed by atoms with E-state index < -0.39 is 0 Å². The smallest absolute Gasteiger partial charge is 0.337 e. The number of hydrogen-bond donors (Lipinski definition) is 0. The Kier molecular flexibility index (Phi) is 12.1. The molecule has 0 heterocycles. The van der Waals surface area contributed by atoms with Gasteiger partial charge in [-0.2, -0.15) is 0 Å². The molecule has 0 aromatic rings. The maximum atomic E-state index is 11.8. The van der Waals surface area contributed by atoms with Crippen molar-refractivity contribution >= 4 is 5.97 Å². The molecule has 1 unspecified atom stereocenters. The van der Waals surface area contributed by atoms with Crippen molar-refractivity contribution in [3.63, 3.8) is 0 Å². The summed E-state index contributed by atoms with van der Waals surface area (Å²) in [6, 6.07) is 0. The Morgan fingerprint density at radius 1 is 0.957 bits per heavy atom. The molecular formula is C20H40NO2+. The summed E-state index contributed by atoms with van der Waals surface area (Å²) >= 11 is 0. The highest BCUT2D eigenvalue weighted by Gasteiger charge is 2.32. The first-order chi connectivity index (χ1) is 10.9. The number of ether oxygens (including phenoxy) is 1. The molecule has 0 aromatic carbocycles. The zero-order valence-electron chi connectivity index (χ0n) is 16.3. The lowest BCUT2D eigenvalue weighted by atomic mass is 10.1. The Balaban J connectivity index is 4.22. The molecule has 0 fully saturated rings. The minimum Gasteiger partial charge on any atom is -0.409 e. The van der Waals surface area contributed by atoms with E-state index in [1.165, 1.54) is 51.4 Å². The molecule has 0 saturated carbocycles. The standard InChI is InChI=1S/C20H40NO2/c1-7-10-11-12-13-14-15-16-17-21(8-2,9-3)19(6)23-20(22)18(4)5/h19H,4,7-17H2,1-3,5-6H3/q+1. The van der Waals surface area contributed by atoms with Crippen LogP contribution in [0.15, 0.2) is 12.2 Å². The van der Waals surface area contributed by atoms with Gasteiger partial charge in [-0.3, -0.25) is 4.48 Å². The average Bonchev–Trinajstić information content (AvgIpc) is 2.53. The maximum Gasteiger partial charge on any atom is 0.337 e. The number of esters is 1. The van der Waals surface area contributed by atoms with Crippen LogP contribution in [0, 0.1) is 0 Å². The van der Waals surface area contributed by atoms with Crippen molar-refractivity contribution in [3.05, 3.63) is 12.2 Å². The third-order valence-corrected chi connectivity index (χ3v) is 5.11. The SMILES string of the molecule is C=C(C)C(=O)OC(C)[N+](CC)(CC)CCCCCCCCCC. The molecule has 1 atom stereocenters. The zero-order chi connectivity index (χ0) is 17.7. The van der Waals surface area contributed by atoms with Crippen molar-refractivity contribution in [1.82, 2.24) is 0 Å². The van der Waals surface area contributed by atoms with E-state index in [1.807, 2.05) is 6.92 Å². The topological polar surface area (TPSA) is 26.3 Å². The van der Waals surface area contributed by atoms with Gasteiger partial charge < -0.3 is 4.74 Å². The minimum atomic E-state index is -0.266. The molecule has 136 valence electrons. The Morgan fingerprint density at radius 3 is 1.87 bits per heavy atom. The highest BCUT2D eigenvalue weighted by molar-refractivity contribution is 5.86. The first-order valence-corrected chi connectivity index (χ1v) is 9.65. The number of carbonyl (C=O) groups excluding carboxylic acids is 1. The van der Waals surface area contributed by atoms with Gasteiger partial charge in [0.2, 0.25) is 6.23 Å². The second kappa shape index (κ2) is 12.6. The number of unbranched alkanes of at least 4 members (excludes halogenated alkanes) is 7. The fourth-order valence-electron chi connectivity index (χ4n) is 3.16. The highest BCUT2D eigenvalue weighted by atomic mass is 16.6. The lowest BCUT2D eigenvalue weighted by molar-refractivity contribution is -0.964. The molecule has 0 saturated heterocycles. The van der Waals surface area contributed by atoms with E-state index in [1.54, 1.807) is 6.92 Å². The van der Waals surface area contributed by atoms with Gasteiger partial charge in [0, 0.05) is 12.5 Å². The molecule has 0 aromatic heterocycles. The Hall–Kier alpha value is -0.830. The Labute approximate surface area is 144 Å². The van der Waals surface area contributed by atoms with Gasteiger partial charge in [0.05, 0.1) is 19.6 Å². The predicted octanol–water partition coefficient (Wildman–Crippen LogP) is 5.45. The number of carbonyl (C=O) groups is 1. The molecule has 0 bridgehead atoms. The van der Waals surface area contributed by atoms with E-state index in [0.29, 0.717) is 5.57 Å². The molecule has 0 spiro atoms. The van der Waals surface area contributed by atoms with Crippen LogP contribution in [0.2, 0.25) is 0 Å². The van der Waals surface area contributed by atoms with Crippen molar-refractivity contribution < 1.29 is 14.0 Å². The Morgan fingerprint density at radius 2 is 1.43 bits per heavy atom. The van der Waals surface area contributed by atoms with E-state index in [2.05, 4.69) is 27.4 Å². The summed E-state index contributed by atoms with van der Waals surface area (Å²) in [4.78, 5) is 11.8. The van der Waals surface area contributed by atoms with Gasteiger partial charge in [0.25, 0.3) is 0 Å². The minimum absolute atomic E-state index is 0.0984. The van der Waals surface area contributed by atoms with Gasteiger partial charge in [-0.15, -0.1) is 0 Å². The van der Waals surface area contributed by atoms with E-state index in [4.69, 9.17) is 4.74 Å². The maximum absolute atomic E-state index is 11.8. The van der Waals surface area contributed by atoms with E-state index in [0.717, 1.165) is 24.1 Å². The third kappa shape index (κ3) is 8.55. The van der Waals surface area contributed by atoms with Crippen LogP contribution in [-0.4, -0.2) is 36.3 Å². The summed E-state index contributed by atoms with van der Waals surface area (Å²) in [5.74, 6) is -0.266. The number of rotatable bonds is 14. The van der Waals surface area contributed by atoms with Crippen molar-refractivity contribution in [2.45, 2.75) is 92.2 Å². The largest absolute Gasteiger partial charge is 0.409 e. The molecular weight excluding hydrogens is 286 g/mol. The second-order valence-corrected chi connectivity index (χ2v) is 6.83. The molecule has 0 aliphatic carbocycles. The molecule has 0 rings (SSSR count). The van der Waals surface area contributed by atoms with E-state index in [-0.39, 0.29) is 12.2 Å². The fourth-order valence-corrected chi connectivity index (χ4v) is 3.16. The number of nitrogens with zero attached hydrogens (tertiary/aromatic N) is 1. The van der Waals surface area contributed by atoms with Crippen molar-refractivity contribution in [3.8, 4) is 0 Å². The summed E-state index contributed by atoms with van der Waals surface area (Å²) in [6.07, 6.45) is 10.5. The summed E-state index contributed by atoms with van der Waals surface area (Å²) in [5.41, 5.74) is 0.481. The van der Waals surface area contributed by atoms with Crippen LogP contribution in [0.1, 0.15) is 86.0 Å². The monoisotopic (exact) mass is 326 g/mol. The molecule has 0 N–H and O–H groups in total. The van der Waals surface area contributed by atoms with Crippen LogP contribution in [0.3, 0.4) is 0 Å². The molecule has 0 aliphatic heterocycles. The van der Waals surface area contributed by atoms with Crippen LogP contribution in [0.5, 0.6) is 0 Å². The van der Waals surface area contributed by atoms with E-state index >= 15 is 0 Å². The van der Waals surface area contributed by atoms with Gasteiger partial charge in [0.1, 0.15) is 0 Å². The molecule has 0 aliphatic rings. The molecule has 3 nitrogen and oxygen atoms in total. The van der Waals surface area contributed by atoms with Crippen LogP contribution in [0.4, 0.5) is 0 Å². The van der Waals surface area contributed by atoms with Crippen molar-refractivity contribution in [1.29, 1.82) is 0 Å². The number of hydrogen-bond acceptors (Lipinski definition) is 2. The summed E-state index contributed by atoms with van der Waals surface area (Å²) in [5, 5.41) is 0. The quantitative estimate of drug-likeness (QED) is 0.139. The lowest BCUT2D eigenvalue weighted by Crippen LogP contribution is -2.56. The fraction of sp³-hybridized carbons (Fsp3) is 0.850.